The number of urea groups is 1. The number of primary amides is 1. The molecule has 31 heavy (non-hydrogen) atoms. The van der Waals surface area contributed by atoms with Crippen LogP contribution in [0, 0.1) is 0 Å². The van der Waals surface area contributed by atoms with E-state index in [0.717, 1.165) is 5.69 Å². The van der Waals surface area contributed by atoms with Gasteiger partial charge in [0.25, 0.3) is 5.91 Å². The van der Waals surface area contributed by atoms with Crippen LogP contribution in [-0.4, -0.2) is 34.5 Å². The van der Waals surface area contributed by atoms with E-state index in [0.29, 0.717) is 17.9 Å². The van der Waals surface area contributed by atoms with Crippen LogP contribution in [0.2, 0.25) is 0 Å². The number of nitrogens with zero attached hydrogens (tertiary/aromatic N) is 2. The predicted octanol–water partition coefficient (Wildman–Crippen LogP) is 3.68. The van der Waals surface area contributed by atoms with Crippen LogP contribution in [0.4, 0.5) is 27.7 Å². The van der Waals surface area contributed by atoms with Crippen LogP contribution < -0.4 is 21.3 Å². The summed E-state index contributed by atoms with van der Waals surface area (Å²) in [5.41, 5.74) is 7.13. The molecule has 9 heteroatoms. The number of anilines is 4. The fourth-order valence-electron chi connectivity index (χ4n) is 2.91. The van der Waals surface area contributed by atoms with Crippen molar-refractivity contribution >= 4 is 40.8 Å². The summed E-state index contributed by atoms with van der Waals surface area (Å²) in [5.74, 6) is -1.31. The largest absolute Gasteiger partial charge is 0.478 e. The number of amides is 3. The molecule has 0 saturated heterocycles. The molecule has 0 aliphatic heterocycles. The Kier molecular flexibility index (Phi) is 6.46. The van der Waals surface area contributed by atoms with Crippen LogP contribution in [-0.2, 0) is 0 Å². The first kappa shape index (κ1) is 21.3. The topological polar surface area (TPSA) is 138 Å². The van der Waals surface area contributed by atoms with Gasteiger partial charge in [0.15, 0.2) is 0 Å². The SMILES string of the molecule is CCN(C(N)=O)c1cc(Nc2ccccc2)c(C(=O)Nc2cccc(C(=O)O)c2)cn1. The normalized spacial score (nSPS) is 10.2. The molecule has 3 aromatic rings. The van der Waals surface area contributed by atoms with Crippen LogP contribution >= 0.6 is 0 Å². The molecular formula is C22H21N5O4. The van der Waals surface area contributed by atoms with Gasteiger partial charge in [0.1, 0.15) is 5.82 Å². The zero-order chi connectivity index (χ0) is 22.4. The molecule has 3 amide bonds. The Bertz CT molecular complexity index is 1120. The molecule has 0 aliphatic carbocycles. The molecule has 5 N–H and O–H groups in total. The lowest BCUT2D eigenvalue weighted by atomic mass is 10.1. The molecule has 0 spiro atoms. The molecular weight excluding hydrogens is 398 g/mol. The third kappa shape index (κ3) is 5.15. The summed E-state index contributed by atoms with van der Waals surface area (Å²) in [4.78, 5) is 41.3. The van der Waals surface area contributed by atoms with Gasteiger partial charge in [-0.2, -0.15) is 0 Å². The summed E-state index contributed by atoms with van der Waals surface area (Å²) in [6.45, 7) is 2.06. The Balaban J connectivity index is 1.97. The lowest BCUT2D eigenvalue weighted by Crippen LogP contribution is -2.36. The Morgan fingerprint density at radius 2 is 1.74 bits per heavy atom. The third-order valence-corrected chi connectivity index (χ3v) is 4.41. The highest BCUT2D eigenvalue weighted by atomic mass is 16.4. The lowest BCUT2D eigenvalue weighted by molar-refractivity contribution is 0.0696. The molecule has 0 unspecified atom stereocenters. The summed E-state index contributed by atoms with van der Waals surface area (Å²) < 4.78 is 0. The van der Waals surface area contributed by atoms with Crippen LogP contribution in [0.5, 0.6) is 0 Å². The monoisotopic (exact) mass is 419 g/mol. The molecule has 0 atom stereocenters. The first-order valence-corrected chi connectivity index (χ1v) is 9.43. The number of nitrogens with two attached hydrogens (primary N) is 1. The third-order valence-electron chi connectivity index (χ3n) is 4.41. The standard InChI is InChI=1S/C22H21N5O4/c1-2-27(22(23)31)19-12-18(25-15-8-4-3-5-9-15)17(13-24-19)20(28)26-16-10-6-7-14(11-16)21(29)30/h3-13H,2H2,1H3,(H2,23,31)(H,24,25)(H,26,28)(H,29,30). The van der Waals surface area contributed by atoms with E-state index in [1.807, 2.05) is 30.3 Å². The number of carboxylic acid groups (broad SMARTS) is 1. The zero-order valence-corrected chi connectivity index (χ0v) is 16.7. The first-order valence-electron chi connectivity index (χ1n) is 9.43. The van der Waals surface area contributed by atoms with Crippen LogP contribution in [0.1, 0.15) is 27.6 Å². The minimum atomic E-state index is -1.10. The number of carbonyl (C=O) groups excluding carboxylic acids is 2. The van der Waals surface area contributed by atoms with E-state index in [1.165, 1.54) is 29.3 Å². The number of aromatic nitrogens is 1. The number of rotatable bonds is 7. The van der Waals surface area contributed by atoms with Crippen molar-refractivity contribution in [3.63, 3.8) is 0 Å². The van der Waals surface area contributed by atoms with Gasteiger partial charge in [-0.1, -0.05) is 24.3 Å². The van der Waals surface area contributed by atoms with E-state index in [1.54, 1.807) is 19.1 Å². The number of aromatic carboxylic acids is 1. The highest BCUT2D eigenvalue weighted by Gasteiger charge is 2.18. The van der Waals surface area contributed by atoms with Crippen molar-refractivity contribution in [3.8, 4) is 0 Å². The average Bonchev–Trinajstić information content (AvgIpc) is 2.75. The van der Waals surface area contributed by atoms with E-state index >= 15 is 0 Å². The second-order valence-corrected chi connectivity index (χ2v) is 6.50. The van der Waals surface area contributed by atoms with Crippen molar-refractivity contribution in [1.29, 1.82) is 0 Å². The van der Waals surface area contributed by atoms with Gasteiger partial charge >= 0.3 is 12.0 Å². The van der Waals surface area contributed by atoms with E-state index < -0.39 is 17.9 Å². The van der Waals surface area contributed by atoms with Crippen LogP contribution in [0.3, 0.4) is 0 Å². The van der Waals surface area contributed by atoms with Crippen molar-refractivity contribution < 1.29 is 19.5 Å². The van der Waals surface area contributed by atoms with E-state index in [9.17, 15) is 14.4 Å². The van der Waals surface area contributed by atoms with E-state index in [2.05, 4.69) is 15.6 Å². The Morgan fingerprint density at radius 3 is 2.39 bits per heavy atom. The summed E-state index contributed by atoms with van der Waals surface area (Å²) >= 11 is 0. The molecule has 0 saturated carbocycles. The van der Waals surface area contributed by atoms with Crippen molar-refractivity contribution in [2.75, 3.05) is 22.1 Å². The molecule has 0 radical (unpaired) electrons. The highest BCUT2D eigenvalue weighted by molar-refractivity contribution is 6.09. The maximum atomic E-state index is 12.9. The van der Waals surface area contributed by atoms with Crippen LogP contribution in [0.25, 0.3) is 0 Å². The maximum absolute atomic E-state index is 12.9. The van der Waals surface area contributed by atoms with Gasteiger partial charge in [0.05, 0.1) is 16.8 Å². The second kappa shape index (κ2) is 9.40. The highest BCUT2D eigenvalue weighted by Crippen LogP contribution is 2.26. The van der Waals surface area contributed by atoms with Crippen molar-refractivity contribution in [2.45, 2.75) is 6.92 Å². The molecule has 9 nitrogen and oxygen atoms in total. The van der Waals surface area contributed by atoms with Crippen LogP contribution in [0.15, 0.2) is 66.9 Å². The average molecular weight is 419 g/mol. The minimum absolute atomic E-state index is 0.0500. The molecule has 158 valence electrons. The molecule has 1 aromatic heterocycles. The summed E-state index contributed by atoms with van der Waals surface area (Å²) in [5, 5.41) is 15.0. The zero-order valence-electron chi connectivity index (χ0n) is 16.7. The summed E-state index contributed by atoms with van der Waals surface area (Å²) in [6.07, 6.45) is 1.34. The Hall–Kier alpha value is -4.40. The van der Waals surface area contributed by atoms with Crippen molar-refractivity contribution in [2.24, 2.45) is 5.73 Å². The molecule has 2 aromatic carbocycles. The number of nitrogens with one attached hydrogen (secondary N) is 2. The second-order valence-electron chi connectivity index (χ2n) is 6.50. The smallest absolute Gasteiger partial charge is 0.335 e. The number of carboxylic acids is 1. The number of hydrogen-bond acceptors (Lipinski definition) is 5. The van der Waals surface area contributed by atoms with E-state index in [4.69, 9.17) is 10.8 Å². The quantitative estimate of drug-likeness (QED) is 0.461. The maximum Gasteiger partial charge on any atom is 0.335 e. The predicted molar refractivity (Wildman–Crippen MR) is 118 cm³/mol. The van der Waals surface area contributed by atoms with Gasteiger partial charge in [-0.3, -0.25) is 9.69 Å². The number of benzene rings is 2. The molecule has 0 aliphatic rings. The number of hydrogen-bond donors (Lipinski definition) is 4. The lowest BCUT2D eigenvalue weighted by Gasteiger charge is -2.20. The number of pyridine rings is 1. The molecule has 3 rings (SSSR count). The molecule has 0 bridgehead atoms. The Labute approximate surface area is 178 Å². The van der Waals surface area contributed by atoms with Gasteiger partial charge in [0.2, 0.25) is 0 Å². The van der Waals surface area contributed by atoms with Gasteiger partial charge in [-0.15, -0.1) is 0 Å². The van der Waals surface area contributed by atoms with Gasteiger partial charge in [0, 0.05) is 30.2 Å². The van der Waals surface area contributed by atoms with Crippen molar-refractivity contribution in [1.82, 2.24) is 4.98 Å². The van der Waals surface area contributed by atoms with Gasteiger partial charge in [-0.25, -0.2) is 14.6 Å². The fraction of sp³-hybridized carbons (Fsp3) is 0.0909. The Morgan fingerprint density at radius 1 is 1.03 bits per heavy atom. The van der Waals surface area contributed by atoms with Gasteiger partial charge in [-0.05, 0) is 37.3 Å². The van der Waals surface area contributed by atoms with E-state index in [-0.39, 0.29) is 16.9 Å². The fourth-order valence-corrected chi connectivity index (χ4v) is 2.91. The minimum Gasteiger partial charge on any atom is -0.478 e. The summed E-state index contributed by atoms with van der Waals surface area (Å²) in [7, 11) is 0. The summed E-state index contributed by atoms with van der Waals surface area (Å²) in [6, 6.07) is 16.0. The van der Waals surface area contributed by atoms with Gasteiger partial charge < -0.3 is 21.5 Å². The molecule has 0 fully saturated rings. The first-order chi connectivity index (χ1) is 14.9. The molecule has 1 heterocycles. The number of para-hydroxylation sites is 1. The number of carbonyl (C=O) groups is 3. The van der Waals surface area contributed by atoms with Crippen molar-refractivity contribution in [3.05, 3.63) is 78.0 Å².